The van der Waals surface area contributed by atoms with Gasteiger partial charge in [0.15, 0.2) is 34.5 Å². The van der Waals surface area contributed by atoms with Crippen LogP contribution >= 0.6 is 34.8 Å². The fourth-order valence-electron chi connectivity index (χ4n) is 9.37. The van der Waals surface area contributed by atoms with E-state index in [2.05, 4.69) is 57.2 Å². The summed E-state index contributed by atoms with van der Waals surface area (Å²) in [5, 5.41) is 12.5. The Morgan fingerprint density at radius 3 is 1.16 bits per heavy atom. The summed E-state index contributed by atoms with van der Waals surface area (Å²) in [5.74, 6) is 5.40. The molecule has 0 amide bonds. The van der Waals surface area contributed by atoms with Gasteiger partial charge < -0.3 is 58.6 Å². The largest absolute Gasteiger partial charge is 0.493 e. The Kier molecular flexibility index (Phi) is 18.2. The number of benzene rings is 6. The molecule has 8 aliphatic rings. The van der Waals surface area contributed by atoms with Gasteiger partial charge in [0.25, 0.3) is 0 Å². The second-order valence-corrected chi connectivity index (χ2v) is 19.2. The maximum Gasteiger partial charge on any atom is 0.161 e. The van der Waals surface area contributed by atoms with Crippen molar-refractivity contribution in [1.82, 2.24) is 20.9 Å². The zero-order chi connectivity index (χ0) is 50.5. The van der Waals surface area contributed by atoms with E-state index in [0.29, 0.717) is 106 Å². The first-order valence-electron chi connectivity index (χ1n) is 24.8. The van der Waals surface area contributed by atoms with Gasteiger partial charge in [-0.3, -0.25) is 4.90 Å². The number of ether oxygens (including phenoxy) is 9. The van der Waals surface area contributed by atoms with Crippen molar-refractivity contribution in [3.63, 3.8) is 0 Å². The second-order valence-electron chi connectivity index (χ2n) is 18.0. The summed E-state index contributed by atoms with van der Waals surface area (Å²) in [7, 11) is 4.97. The third kappa shape index (κ3) is 13.3. The van der Waals surface area contributed by atoms with Crippen molar-refractivity contribution in [3.05, 3.63) is 156 Å². The highest BCUT2D eigenvalue weighted by Gasteiger charge is 2.23. The van der Waals surface area contributed by atoms with E-state index in [0.717, 1.165) is 89.3 Å². The topological polar surface area (TPSA) is 122 Å². The molecule has 0 fully saturated rings. The highest BCUT2D eigenvalue weighted by atomic mass is 35.5. The van der Waals surface area contributed by atoms with Crippen LogP contribution in [0.2, 0.25) is 15.1 Å². The molecule has 3 N–H and O–H groups in total. The van der Waals surface area contributed by atoms with Crippen LogP contribution in [0.4, 0.5) is 0 Å². The normalized spacial score (nSPS) is 17.1. The Morgan fingerprint density at radius 2 is 0.767 bits per heavy atom. The van der Waals surface area contributed by atoms with Crippen molar-refractivity contribution < 1.29 is 42.6 Å². The van der Waals surface area contributed by atoms with Gasteiger partial charge in [-0.15, -0.1) is 0 Å². The van der Waals surface area contributed by atoms with Crippen molar-refractivity contribution >= 4 is 34.8 Å². The molecule has 0 radical (unpaired) electrons. The van der Waals surface area contributed by atoms with Crippen LogP contribution in [0.15, 0.2) is 91.0 Å². The monoisotopic (exact) mass is 1050 g/mol. The number of rotatable bonds is 3. The standard InChI is InChI=1S/C57H63Cl3N4O9/c1-65-50-28-40-26-44-32-54-52(67-3)30-42(44)27-45-33-55-51(66-2)29-41(45)25-43(40)31-53(50)71-21-18-68-47-11-10-37(24-46(47)58)34-61-12-15-64(16-13-62-35-38-6-4-8-48(56(38)59)69-19-22-72-54)17-14-63-36-39-7-5-9-49(57(39)60)70-20-23-73-55/h4-11,24,28-33,61-63H,12-23,25-27,34-36H2,1-3H3. The minimum Gasteiger partial charge on any atom is -0.493 e. The minimum absolute atomic E-state index is 0.254. The van der Waals surface area contributed by atoms with Crippen LogP contribution in [0, 0.1) is 0 Å². The maximum absolute atomic E-state index is 6.99. The summed E-state index contributed by atoms with van der Waals surface area (Å²) < 4.78 is 56.1. The lowest BCUT2D eigenvalue weighted by Gasteiger charge is -2.23. The Hall–Kier alpha value is -5.77. The van der Waals surface area contributed by atoms with Gasteiger partial charge in [0.1, 0.15) is 56.9 Å². The Balaban J connectivity index is 1.11. The van der Waals surface area contributed by atoms with Crippen LogP contribution in [-0.2, 0) is 38.9 Å². The lowest BCUT2D eigenvalue weighted by Crippen LogP contribution is -2.40. The average Bonchev–Trinajstić information content (AvgIpc) is 3.45. The zero-order valence-corrected chi connectivity index (χ0v) is 43.9. The van der Waals surface area contributed by atoms with E-state index < -0.39 is 0 Å². The summed E-state index contributed by atoms with van der Waals surface area (Å²) in [6, 6.07) is 30.1. The van der Waals surface area contributed by atoms with Gasteiger partial charge in [0, 0.05) is 58.9 Å². The molecule has 386 valence electrons. The van der Waals surface area contributed by atoms with Gasteiger partial charge in [0.05, 0.1) is 36.4 Å². The summed E-state index contributed by atoms with van der Waals surface area (Å²) in [6.07, 6.45) is 1.72. The van der Waals surface area contributed by atoms with Crippen LogP contribution in [0.1, 0.15) is 50.1 Å². The number of fused-ring (bicyclic) bond motifs is 2. The Labute approximate surface area is 443 Å². The fourth-order valence-corrected chi connectivity index (χ4v) is 10.1. The molecule has 6 aromatic carbocycles. The van der Waals surface area contributed by atoms with E-state index >= 15 is 0 Å². The van der Waals surface area contributed by atoms with Crippen molar-refractivity contribution in [1.29, 1.82) is 0 Å². The molecule has 16 bridgehead atoms. The van der Waals surface area contributed by atoms with Gasteiger partial charge >= 0.3 is 0 Å². The molecule has 16 heteroatoms. The van der Waals surface area contributed by atoms with Crippen molar-refractivity contribution in [2.75, 3.05) is 100 Å². The van der Waals surface area contributed by atoms with Gasteiger partial charge in [-0.2, -0.15) is 0 Å². The minimum atomic E-state index is 0.254. The van der Waals surface area contributed by atoms with Crippen molar-refractivity contribution in [2.45, 2.75) is 38.9 Å². The lowest BCUT2D eigenvalue weighted by molar-refractivity contribution is 0.211. The van der Waals surface area contributed by atoms with Crippen LogP contribution in [0.25, 0.3) is 0 Å². The first-order chi connectivity index (χ1) is 35.8. The van der Waals surface area contributed by atoms with Gasteiger partial charge in [-0.05, 0) is 130 Å². The molecule has 0 saturated carbocycles. The van der Waals surface area contributed by atoms with E-state index in [1.165, 1.54) is 0 Å². The fraction of sp³-hybridized carbons (Fsp3) is 0.368. The van der Waals surface area contributed by atoms with E-state index in [1.807, 2.05) is 54.6 Å². The molecule has 7 heterocycles. The van der Waals surface area contributed by atoms with E-state index in [-0.39, 0.29) is 39.6 Å². The molecular weight excluding hydrogens is 991 g/mol. The third-order valence-electron chi connectivity index (χ3n) is 13.3. The van der Waals surface area contributed by atoms with Gasteiger partial charge in [0.2, 0.25) is 0 Å². The third-order valence-corrected chi connectivity index (χ3v) is 14.4. The average molecular weight is 1050 g/mol. The molecule has 14 rings (SSSR count). The molecule has 0 aromatic heterocycles. The van der Waals surface area contributed by atoms with Crippen molar-refractivity contribution in [3.8, 4) is 51.7 Å². The molecule has 1 atom stereocenters. The summed E-state index contributed by atoms with van der Waals surface area (Å²) in [4.78, 5) is 2.43. The SMILES string of the molecule is COc1cc2c3cc1OCCOc1ccc(cc1Cl)CNCCN1CCNCc4cccc(c4Cl)OCCOc4cc(c(cc4OC)Cc4cc(c(OC)cc4C3)OCCOc3cccc(c3Cl)CNCC1)C2. The van der Waals surface area contributed by atoms with Gasteiger partial charge in [-0.1, -0.05) is 65.1 Å². The highest BCUT2D eigenvalue weighted by Crippen LogP contribution is 2.41. The number of nitrogens with zero attached hydrogens (tertiary/aromatic N) is 1. The first-order valence-corrected chi connectivity index (χ1v) is 25.9. The molecule has 1 unspecified atom stereocenters. The van der Waals surface area contributed by atoms with E-state index in [4.69, 9.17) is 77.4 Å². The lowest BCUT2D eigenvalue weighted by atomic mass is 9.94. The number of methoxy groups -OCH3 is 3. The molecule has 7 aliphatic heterocycles. The summed E-state index contributed by atoms with van der Waals surface area (Å²) in [5.41, 5.74) is 9.32. The van der Waals surface area contributed by atoms with Gasteiger partial charge in [-0.25, -0.2) is 0 Å². The maximum atomic E-state index is 6.99. The van der Waals surface area contributed by atoms with Crippen LogP contribution in [0.5, 0.6) is 51.7 Å². The Morgan fingerprint density at radius 1 is 0.397 bits per heavy atom. The number of nitrogens with one attached hydrogen (secondary N) is 3. The molecular formula is C57H63Cl3N4O9. The molecule has 13 nitrogen and oxygen atoms in total. The molecule has 1 aliphatic carbocycles. The van der Waals surface area contributed by atoms with Crippen molar-refractivity contribution in [2.24, 2.45) is 0 Å². The van der Waals surface area contributed by atoms with Crippen LogP contribution in [-0.4, -0.2) is 105 Å². The van der Waals surface area contributed by atoms with E-state index in [1.54, 1.807) is 21.3 Å². The number of hydrogen-bond acceptors (Lipinski definition) is 13. The number of hydrogen-bond donors (Lipinski definition) is 3. The Bertz CT molecular complexity index is 2780. The van der Waals surface area contributed by atoms with Crippen LogP contribution < -0.4 is 58.6 Å². The highest BCUT2D eigenvalue weighted by molar-refractivity contribution is 6.33. The van der Waals surface area contributed by atoms with Crippen LogP contribution in [0.3, 0.4) is 0 Å². The smallest absolute Gasteiger partial charge is 0.161 e. The zero-order valence-electron chi connectivity index (χ0n) is 41.6. The van der Waals surface area contributed by atoms with E-state index in [9.17, 15) is 0 Å². The molecule has 6 aromatic rings. The summed E-state index contributed by atoms with van der Waals surface area (Å²) in [6.45, 7) is 8.07. The second kappa shape index (κ2) is 25.4. The molecule has 73 heavy (non-hydrogen) atoms. The first kappa shape index (κ1) is 52.1. The quantitative estimate of drug-likeness (QED) is 0.156. The predicted molar refractivity (Wildman–Crippen MR) is 286 cm³/mol. The number of halogens is 3. The molecule has 0 saturated heterocycles. The summed E-state index contributed by atoms with van der Waals surface area (Å²) >= 11 is 20.8. The molecule has 0 spiro atoms. The predicted octanol–water partition coefficient (Wildman–Crippen LogP) is 9.73.